The molecule has 3 rings (SSSR count). The molecule has 1 aromatic heterocycles. The van der Waals surface area contributed by atoms with Crippen LogP contribution in [0, 0.1) is 0 Å². The zero-order chi connectivity index (χ0) is 15.5. The maximum atomic E-state index is 12.7. The van der Waals surface area contributed by atoms with Crippen molar-refractivity contribution in [2.45, 2.75) is 31.9 Å². The van der Waals surface area contributed by atoms with Gasteiger partial charge in [0.15, 0.2) is 0 Å². The minimum Gasteiger partial charge on any atom is -0.496 e. The number of halogens is 2. The molecular weight excluding hydrogens is 306 g/mol. The normalized spacial score (nSPS) is 14.8. The van der Waals surface area contributed by atoms with Gasteiger partial charge in [0.1, 0.15) is 10.8 Å². The first-order chi connectivity index (χ1) is 10.7. The van der Waals surface area contributed by atoms with E-state index in [2.05, 4.69) is 4.98 Å². The third-order valence-electron chi connectivity index (χ3n) is 3.69. The van der Waals surface area contributed by atoms with Crippen LogP contribution in [0.1, 0.15) is 18.5 Å². The van der Waals surface area contributed by atoms with E-state index in [1.54, 1.807) is 7.11 Å². The van der Waals surface area contributed by atoms with Crippen LogP contribution in [0.25, 0.3) is 10.6 Å². The van der Waals surface area contributed by atoms with E-state index in [1.165, 1.54) is 11.3 Å². The van der Waals surface area contributed by atoms with Crippen LogP contribution in [0.3, 0.4) is 0 Å². The van der Waals surface area contributed by atoms with Gasteiger partial charge in [0.05, 0.1) is 24.9 Å². The fourth-order valence-electron chi connectivity index (χ4n) is 2.49. The quantitative estimate of drug-likeness (QED) is 0.768. The predicted molar refractivity (Wildman–Crippen MR) is 83.5 cm³/mol. The minimum atomic E-state index is -2.30. The standard InChI is InChI=1S/C16H18F2N2OS/c1-21-14-5-3-2-4-13(14)16-19-11(10-22-16)8-20(9-15(17)18)12-6-7-12/h2-5,10,12,15H,6-9H2,1H3. The zero-order valence-corrected chi connectivity index (χ0v) is 13.2. The molecular formula is C16H18F2N2OS. The average Bonchev–Trinajstić information content (AvgIpc) is 3.26. The molecule has 0 bridgehead atoms. The highest BCUT2D eigenvalue weighted by Crippen LogP contribution is 2.33. The molecule has 2 aromatic rings. The van der Waals surface area contributed by atoms with E-state index < -0.39 is 6.43 Å². The zero-order valence-electron chi connectivity index (χ0n) is 12.3. The molecule has 0 saturated heterocycles. The Bertz CT molecular complexity index is 628. The molecule has 0 amide bonds. The largest absolute Gasteiger partial charge is 0.496 e. The Kier molecular flexibility index (Phi) is 4.69. The van der Waals surface area contributed by atoms with Gasteiger partial charge in [-0.15, -0.1) is 11.3 Å². The molecule has 6 heteroatoms. The number of para-hydroxylation sites is 1. The van der Waals surface area contributed by atoms with Crippen LogP contribution in [0.2, 0.25) is 0 Å². The number of ether oxygens (including phenoxy) is 1. The highest BCUT2D eigenvalue weighted by atomic mass is 32.1. The van der Waals surface area contributed by atoms with Gasteiger partial charge < -0.3 is 4.74 Å². The lowest BCUT2D eigenvalue weighted by atomic mass is 10.2. The number of alkyl halides is 2. The Labute approximate surface area is 132 Å². The maximum absolute atomic E-state index is 12.7. The van der Waals surface area contributed by atoms with E-state index in [-0.39, 0.29) is 6.54 Å². The summed E-state index contributed by atoms with van der Waals surface area (Å²) in [6, 6.07) is 7.99. The summed E-state index contributed by atoms with van der Waals surface area (Å²) in [6.45, 7) is 0.312. The first-order valence-corrected chi connectivity index (χ1v) is 8.15. The second-order valence-corrected chi connectivity index (χ2v) is 6.25. The van der Waals surface area contributed by atoms with Crippen molar-refractivity contribution in [3.8, 4) is 16.3 Å². The molecule has 0 spiro atoms. The van der Waals surface area contributed by atoms with Gasteiger partial charge in [-0.2, -0.15) is 0 Å². The van der Waals surface area contributed by atoms with Crippen LogP contribution in [-0.2, 0) is 6.54 Å². The Morgan fingerprint density at radius 1 is 1.36 bits per heavy atom. The number of hydrogen-bond donors (Lipinski definition) is 0. The molecule has 0 N–H and O–H groups in total. The summed E-state index contributed by atoms with van der Waals surface area (Å²) in [4.78, 5) is 6.44. The van der Waals surface area contributed by atoms with E-state index in [0.29, 0.717) is 12.6 Å². The lowest BCUT2D eigenvalue weighted by molar-refractivity contribution is 0.0801. The number of hydrogen-bond acceptors (Lipinski definition) is 4. The summed E-state index contributed by atoms with van der Waals surface area (Å²) in [5.41, 5.74) is 1.78. The Morgan fingerprint density at radius 2 is 2.14 bits per heavy atom. The van der Waals surface area contributed by atoms with Crippen molar-refractivity contribution in [1.82, 2.24) is 9.88 Å². The van der Waals surface area contributed by atoms with Gasteiger partial charge in [0.25, 0.3) is 6.43 Å². The van der Waals surface area contributed by atoms with Gasteiger partial charge in [-0.3, -0.25) is 4.90 Å². The first kappa shape index (κ1) is 15.4. The summed E-state index contributed by atoms with van der Waals surface area (Å²) >= 11 is 1.52. The van der Waals surface area contributed by atoms with Gasteiger partial charge in [0, 0.05) is 18.0 Å². The molecule has 1 aliphatic carbocycles. The molecule has 0 radical (unpaired) electrons. The van der Waals surface area contributed by atoms with Crippen LogP contribution in [0.15, 0.2) is 29.6 Å². The monoisotopic (exact) mass is 324 g/mol. The van der Waals surface area contributed by atoms with Crippen molar-refractivity contribution >= 4 is 11.3 Å². The molecule has 1 heterocycles. The summed E-state index contributed by atoms with van der Waals surface area (Å²) < 4.78 is 30.7. The van der Waals surface area contributed by atoms with Gasteiger partial charge in [0.2, 0.25) is 0 Å². The number of nitrogens with zero attached hydrogens (tertiary/aromatic N) is 2. The molecule has 1 aliphatic rings. The molecule has 1 saturated carbocycles. The van der Waals surface area contributed by atoms with E-state index in [0.717, 1.165) is 34.9 Å². The van der Waals surface area contributed by atoms with Crippen LogP contribution in [-0.4, -0.2) is 36.0 Å². The molecule has 1 fully saturated rings. The lowest BCUT2D eigenvalue weighted by Crippen LogP contribution is -2.30. The molecule has 0 unspecified atom stereocenters. The SMILES string of the molecule is COc1ccccc1-c1nc(CN(CC(F)F)C2CC2)cs1. The van der Waals surface area contributed by atoms with Crippen molar-refractivity contribution in [3.05, 3.63) is 35.3 Å². The van der Waals surface area contributed by atoms with Crippen LogP contribution in [0.4, 0.5) is 8.78 Å². The van der Waals surface area contributed by atoms with E-state index in [4.69, 9.17) is 4.74 Å². The fraction of sp³-hybridized carbons (Fsp3) is 0.438. The van der Waals surface area contributed by atoms with Crippen molar-refractivity contribution in [2.75, 3.05) is 13.7 Å². The van der Waals surface area contributed by atoms with E-state index in [1.807, 2.05) is 34.5 Å². The molecule has 3 nitrogen and oxygen atoms in total. The van der Waals surface area contributed by atoms with Crippen molar-refractivity contribution in [1.29, 1.82) is 0 Å². The number of methoxy groups -OCH3 is 1. The van der Waals surface area contributed by atoms with E-state index >= 15 is 0 Å². The Balaban J connectivity index is 1.75. The first-order valence-electron chi connectivity index (χ1n) is 7.27. The summed E-state index contributed by atoms with van der Waals surface area (Å²) in [5, 5.41) is 2.81. The van der Waals surface area contributed by atoms with Crippen LogP contribution >= 0.6 is 11.3 Å². The smallest absolute Gasteiger partial charge is 0.251 e. The molecule has 22 heavy (non-hydrogen) atoms. The van der Waals surface area contributed by atoms with Crippen molar-refractivity contribution in [2.24, 2.45) is 0 Å². The van der Waals surface area contributed by atoms with Gasteiger partial charge in [-0.1, -0.05) is 12.1 Å². The highest BCUT2D eigenvalue weighted by Gasteiger charge is 2.31. The third-order valence-corrected chi connectivity index (χ3v) is 4.61. The number of rotatable bonds is 7. The number of aromatic nitrogens is 1. The molecule has 0 aliphatic heterocycles. The van der Waals surface area contributed by atoms with Crippen LogP contribution < -0.4 is 4.74 Å². The maximum Gasteiger partial charge on any atom is 0.251 e. The number of thiazole rings is 1. The predicted octanol–water partition coefficient (Wildman–Crippen LogP) is 4.05. The van der Waals surface area contributed by atoms with Gasteiger partial charge >= 0.3 is 0 Å². The Hall–Kier alpha value is -1.53. The topological polar surface area (TPSA) is 25.4 Å². The number of benzene rings is 1. The second-order valence-electron chi connectivity index (χ2n) is 5.40. The molecule has 1 aromatic carbocycles. The lowest BCUT2D eigenvalue weighted by Gasteiger charge is -2.20. The summed E-state index contributed by atoms with van der Waals surface area (Å²) in [7, 11) is 1.63. The third kappa shape index (κ3) is 3.62. The Morgan fingerprint density at radius 3 is 2.82 bits per heavy atom. The van der Waals surface area contributed by atoms with Gasteiger partial charge in [-0.25, -0.2) is 13.8 Å². The van der Waals surface area contributed by atoms with E-state index in [9.17, 15) is 8.78 Å². The molecule has 0 atom stereocenters. The molecule has 118 valence electrons. The second kappa shape index (κ2) is 6.71. The van der Waals surface area contributed by atoms with Crippen LogP contribution in [0.5, 0.6) is 5.75 Å². The van der Waals surface area contributed by atoms with Crippen molar-refractivity contribution in [3.63, 3.8) is 0 Å². The highest BCUT2D eigenvalue weighted by molar-refractivity contribution is 7.13. The fourth-order valence-corrected chi connectivity index (χ4v) is 3.33. The minimum absolute atomic E-state index is 0.174. The summed E-state index contributed by atoms with van der Waals surface area (Å²) in [6.07, 6.45) is -0.278. The van der Waals surface area contributed by atoms with Crippen molar-refractivity contribution < 1.29 is 13.5 Å². The summed E-state index contributed by atoms with van der Waals surface area (Å²) in [5.74, 6) is 0.773. The average molecular weight is 324 g/mol. The van der Waals surface area contributed by atoms with Gasteiger partial charge in [-0.05, 0) is 25.0 Å².